The fourth-order valence-corrected chi connectivity index (χ4v) is 4.79. The summed E-state index contributed by atoms with van der Waals surface area (Å²) < 4.78 is 26.6. The molecule has 0 unspecified atom stereocenters. The molecule has 1 saturated carbocycles. The third-order valence-corrected chi connectivity index (χ3v) is 6.08. The Bertz CT molecular complexity index is 547. The highest BCUT2D eigenvalue weighted by molar-refractivity contribution is 9.11. The summed E-state index contributed by atoms with van der Waals surface area (Å²) in [4.78, 5) is 10.7. The quantitative estimate of drug-likeness (QED) is 0.858. The summed E-state index contributed by atoms with van der Waals surface area (Å²) in [5.41, 5.74) is 0. The van der Waals surface area contributed by atoms with E-state index in [9.17, 15) is 13.2 Å². The van der Waals surface area contributed by atoms with Gasteiger partial charge in [0.15, 0.2) is 0 Å². The summed E-state index contributed by atoms with van der Waals surface area (Å²) in [6, 6.07) is 1.17. The monoisotopic (exact) mass is 339 g/mol. The number of aromatic carboxylic acids is 1. The molecule has 94 valence electrons. The van der Waals surface area contributed by atoms with Crippen molar-refractivity contribution in [3.63, 3.8) is 0 Å². The number of carboxylic acid groups (broad SMARTS) is 1. The van der Waals surface area contributed by atoms with Gasteiger partial charge in [-0.15, -0.1) is 11.3 Å². The lowest BCUT2D eigenvalue weighted by Crippen LogP contribution is -2.25. The Labute approximate surface area is 111 Å². The van der Waals surface area contributed by atoms with E-state index < -0.39 is 16.0 Å². The topological polar surface area (TPSA) is 83.5 Å². The molecule has 5 nitrogen and oxygen atoms in total. The maximum Gasteiger partial charge on any atom is 0.345 e. The van der Waals surface area contributed by atoms with Gasteiger partial charge in [-0.1, -0.05) is 0 Å². The average molecular weight is 340 g/mol. The van der Waals surface area contributed by atoms with Crippen LogP contribution in [0.4, 0.5) is 0 Å². The normalized spacial score (nSPS) is 16.1. The second-order valence-corrected chi connectivity index (χ2v) is 7.95. The van der Waals surface area contributed by atoms with Crippen molar-refractivity contribution in [2.24, 2.45) is 5.92 Å². The van der Waals surface area contributed by atoms with Crippen LogP contribution in [0.3, 0.4) is 0 Å². The van der Waals surface area contributed by atoms with Gasteiger partial charge in [0.25, 0.3) is 0 Å². The minimum atomic E-state index is -3.61. The molecule has 0 atom stereocenters. The van der Waals surface area contributed by atoms with E-state index in [-0.39, 0.29) is 9.77 Å². The third kappa shape index (κ3) is 3.06. The Hall–Kier alpha value is -0.440. The SMILES string of the molecule is O=C(O)c1cc(S(=O)(=O)NCC2CC2)c(Br)s1. The number of hydrogen-bond acceptors (Lipinski definition) is 4. The molecular formula is C9H10BrNO4S2. The van der Waals surface area contributed by atoms with Crippen molar-refractivity contribution < 1.29 is 18.3 Å². The maximum atomic E-state index is 11.9. The Balaban J connectivity index is 2.21. The molecule has 1 aromatic heterocycles. The molecule has 2 rings (SSSR count). The lowest BCUT2D eigenvalue weighted by molar-refractivity contribution is 0.0702. The van der Waals surface area contributed by atoms with Gasteiger partial charge in [0.05, 0.1) is 3.79 Å². The van der Waals surface area contributed by atoms with Crippen molar-refractivity contribution in [1.29, 1.82) is 0 Å². The Morgan fingerprint density at radius 1 is 1.59 bits per heavy atom. The minimum absolute atomic E-state index is 0.000509. The largest absolute Gasteiger partial charge is 0.477 e. The first-order chi connectivity index (χ1) is 7.90. The van der Waals surface area contributed by atoms with E-state index in [1.807, 2.05) is 0 Å². The molecule has 0 radical (unpaired) electrons. The number of halogens is 1. The van der Waals surface area contributed by atoms with Gasteiger partial charge < -0.3 is 5.11 Å². The summed E-state index contributed by atoms with van der Waals surface area (Å²) in [6.07, 6.45) is 2.10. The zero-order valence-electron chi connectivity index (χ0n) is 8.64. The first kappa shape index (κ1) is 13.0. The van der Waals surface area contributed by atoms with Crippen molar-refractivity contribution in [2.75, 3.05) is 6.54 Å². The predicted molar refractivity (Wildman–Crippen MR) is 66.9 cm³/mol. The maximum absolute atomic E-state index is 11.9. The Kier molecular flexibility index (Phi) is 3.58. The highest BCUT2D eigenvalue weighted by Gasteiger charge is 2.27. The highest BCUT2D eigenvalue weighted by Crippen LogP contribution is 2.32. The van der Waals surface area contributed by atoms with Gasteiger partial charge in [-0.25, -0.2) is 17.9 Å². The Morgan fingerprint density at radius 3 is 2.71 bits per heavy atom. The Morgan fingerprint density at radius 2 is 2.24 bits per heavy atom. The van der Waals surface area contributed by atoms with E-state index in [0.29, 0.717) is 16.2 Å². The van der Waals surface area contributed by atoms with Crippen molar-refractivity contribution in [1.82, 2.24) is 4.72 Å². The molecule has 8 heteroatoms. The molecule has 0 aliphatic heterocycles. The smallest absolute Gasteiger partial charge is 0.345 e. The van der Waals surface area contributed by atoms with Crippen LogP contribution < -0.4 is 4.72 Å². The van der Waals surface area contributed by atoms with Crippen molar-refractivity contribution in [2.45, 2.75) is 17.7 Å². The van der Waals surface area contributed by atoms with Gasteiger partial charge in [-0.2, -0.15) is 0 Å². The van der Waals surface area contributed by atoms with Gasteiger partial charge in [-0.05, 0) is 40.8 Å². The zero-order valence-corrected chi connectivity index (χ0v) is 11.9. The average Bonchev–Trinajstić information content (AvgIpc) is 2.97. The zero-order chi connectivity index (χ0) is 12.6. The molecule has 1 aliphatic rings. The van der Waals surface area contributed by atoms with E-state index in [4.69, 9.17) is 5.11 Å². The number of carbonyl (C=O) groups is 1. The fourth-order valence-electron chi connectivity index (χ4n) is 1.27. The van der Waals surface area contributed by atoms with Gasteiger partial charge in [-0.3, -0.25) is 0 Å². The van der Waals surface area contributed by atoms with Crippen LogP contribution in [-0.2, 0) is 10.0 Å². The molecule has 1 aliphatic carbocycles. The highest BCUT2D eigenvalue weighted by atomic mass is 79.9. The van der Waals surface area contributed by atoms with E-state index in [1.165, 1.54) is 6.07 Å². The van der Waals surface area contributed by atoms with Crippen molar-refractivity contribution in [3.05, 3.63) is 14.7 Å². The van der Waals surface area contributed by atoms with Crippen LogP contribution in [0, 0.1) is 5.92 Å². The minimum Gasteiger partial charge on any atom is -0.477 e. The van der Waals surface area contributed by atoms with Gasteiger partial charge in [0.2, 0.25) is 10.0 Å². The number of sulfonamides is 1. The van der Waals surface area contributed by atoms with Crippen molar-refractivity contribution in [3.8, 4) is 0 Å². The van der Waals surface area contributed by atoms with Crippen LogP contribution in [0.5, 0.6) is 0 Å². The number of thiophene rings is 1. The predicted octanol–water partition coefficient (Wildman–Crippen LogP) is 1.90. The first-order valence-corrected chi connectivity index (χ1v) is 8.01. The van der Waals surface area contributed by atoms with E-state index in [2.05, 4.69) is 20.7 Å². The fraction of sp³-hybridized carbons (Fsp3) is 0.444. The number of hydrogen-bond donors (Lipinski definition) is 2. The molecule has 1 fully saturated rings. The first-order valence-electron chi connectivity index (χ1n) is 4.92. The lowest BCUT2D eigenvalue weighted by Gasteiger charge is -2.03. The summed E-state index contributed by atoms with van der Waals surface area (Å²) in [7, 11) is -3.61. The summed E-state index contributed by atoms with van der Waals surface area (Å²) >= 11 is 3.98. The second kappa shape index (κ2) is 4.68. The van der Waals surface area contributed by atoms with Crippen LogP contribution in [0.15, 0.2) is 14.7 Å². The molecule has 1 heterocycles. The van der Waals surface area contributed by atoms with Gasteiger partial charge in [0, 0.05) is 6.54 Å². The molecule has 2 N–H and O–H groups in total. The molecule has 0 bridgehead atoms. The standard InChI is InChI=1S/C9H10BrNO4S2/c10-8-7(3-6(16-8)9(12)13)17(14,15)11-4-5-1-2-5/h3,5,11H,1-2,4H2,(H,12,13). The second-order valence-electron chi connectivity index (χ2n) is 3.85. The van der Waals surface area contributed by atoms with Crippen LogP contribution in [0.1, 0.15) is 22.5 Å². The van der Waals surface area contributed by atoms with E-state index >= 15 is 0 Å². The van der Waals surface area contributed by atoms with Gasteiger partial charge >= 0.3 is 5.97 Å². The molecule has 0 amide bonds. The van der Waals surface area contributed by atoms with Crippen molar-refractivity contribution >= 4 is 43.3 Å². The summed E-state index contributed by atoms with van der Waals surface area (Å²) in [5.74, 6) is -0.694. The summed E-state index contributed by atoms with van der Waals surface area (Å²) in [5, 5.41) is 8.79. The number of rotatable bonds is 5. The van der Waals surface area contributed by atoms with E-state index in [1.54, 1.807) is 0 Å². The van der Waals surface area contributed by atoms with Crippen LogP contribution >= 0.6 is 27.3 Å². The van der Waals surface area contributed by atoms with Gasteiger partial charge in [0.1, 0.15) is 9.77 Å². The number of carboxylic acids is 1. The molecule has 0 saturated heterocycles. The lowest BCUT2D eigenvalue weighted by atomic mass is 10.4. The molecule has 0 aromatic carbocycles. The van der Waals surface area contributed by atoms with Crippen LogP contribution in [0.25, 0.3) is 0 Å². The summed E-state index contributed by atoms with van der Waals surface area (Å²) in [6.45, 7) is 0.424. The third-order valence-electron chi connectivity index (χ3n) is 2.41. The van der Waals surface area contributed by atoms with E-state index in [0.717, 1.165) is 24.2 Å². The molecule has 17 heavy (non-hydrogen) atoms. The molecule has 1 aromatic rings. The van der Waals surface area contributed by atoms with Crippen LogP contribution in [-0.4, -0.2) is 26.0 Å². The molecular weight excluding hydrogens is 330 g/mol. The number of nitrogens with one attached hydrogen (secondary N) is 1. The van der Waals surface area contributed by atoms with Crippen LogP contribution in [0.2, 0.25) is 0 Å². The molecule has 0 spiro atoms.